The highest BCUT2D eigenvalue weighted by atomic mass is 16.2. The van der Waals surface area contributed by atoms with Crippen molar-refractivity contribution in [1.29, 1.82) is 0 Å². The normalized spacial score (nSPS) is 21.0. The Morgan fingerprint density at radius 1 is 1.24 bits per heavy atom. The summed E-state index contributed by atoms with van der Waals surface area (Å²) >= 11 is 0. The van der Waals surface area contributed by atoms with Gasteiger partial charge in [0.05, 0.1) is 12.5 Å². The zero-order valence-electron chi connectivity index (χ0n) is 12.0. The minimum atomic E-state index is -0.0808. The highest BCUT2D eigenvalue weighted by Gasteiger charge is 2.33. The maximum Gasteiger partial charge on any atom is 0.248 e. The van der Waals surface area contributed by atoms with E-state index in [1.165, 1.54) is 5.57 Å². The van der Waals surface area contributed by atoms with Crippen molar-refractivity contribution in [2.75, 3.05) is 0 Å². The fourth-order valence-corrected chi connectivity index (χ4v) is 3.14. The van der Waals surface area contributed by atoms with Gasteiger partial charge in [-0.05, 0) is 30.4 Å². The number of hydrogen-bond donors (Lipinski definition) is 2. The van der Waals surface area contributed by atoms with Gasteiger partial charge in [-0.25, -0.2) is 0 Å². The molecule has 21 heavy (non-hydrogen) atoms. The first-order valence-electron chi connectivity index (χ1n) is 7.57. The van der Waals surface area contributed by atoms with Gasteiger partial charge < -0.3 is 10.6 Å². The van der Waals surface area contributed by atoms with E-state index in [0.29, 0.717) is 12.1 Å². The van der Waals surface area contributed by atoms with Gasteiger partial charge in [0, 0.05) is 12.1 Å². The standard InChI is InChI=1S/C17H20N2O2/c20-16(18-11-12-6-2-1-3-7-12)10-14-13-8-4-5-9-15(13)19-17(14)21/h1-3,6-7,15H,4-5,8-11H2,(H,18,20)(H,19,21). The molecule has 1 aliphatic carbocycles. The molecule has 1 aromatic rings. The average molecular weight is 284 g/mol. The molecule has 1 fully saturated rings. The van der Waals surface area contributed by atoms with E-state index >= 15 is 0 Å². The highest BCUT2D eigenvalue weighted by molar-refractivity contribution is 6.02. The van der Waals surface area contributed by atoms with Gasteiger partial charge in [0.2, 0.25) is 11.8 Å². The molecule has 1 aliphatic heterocycles. The van der Waals surface area contributed by atoms with Crippen molar-refractivity contribution in [3.05, 3.63) is 47.0 Å². The first-order chi connectivity index (χ1) is 10.2. The van der Waals surface area contributed by atoms with Crippen LogP contribution in [-0.2, 0) is 16.1 Å². The minimum Gasteiger partial charge on any atom is -0.352 e. The molecular formula is C17H20N2O2. The van der Waals surface area contributed by atoms with Gasteiger partial charge in [0.25, 0.3) is 0 Å². The molecule has 0 bridgehead atoms. The quantitative estimate of drug-likeness (QED) is 0.889. The van der Waals surface area contributed by atoms with Crippen molar-refractivity contribution in [2.24, 2.45) is 0 Å². The van der Waals surface area contributed by atoms with Crippen LogP contribution in [0.1, 0.15) is 37.7 Å². The molecule has 1 saturated carbocycles. The fourth-order valence-electron chi connectivity index (χ4n) is 3.14. The molecule has 1 heterocycles. The second-order valence-electron chi connectivity index (χ2n) is 5.71. The van der Waals surface area contributed by atoms with E-state index in [1.807, 2.05) is 30.3 Å². The maximum atomic E-state index is 12.1. The molecule has 1 aromatic carbocycles. The molecule has 2 amide bonds. The van der Waals surface area contributed by atoms with Gasteiger partial charge in [0.1, 0.15) is 0 Å². The van der Waals surface area contributed by atoms with Gasteiger partial charge in [-0.15, -0.1) is 0 Å². The van der Waals surface area contributed by atoms with Crippen LogP contribution in [0.25, 0.3) is 0 Å². The summed E-state index contributed by atoms with van der Waals surface area (Å²) in [5.41, 5.74) is 2.93. The number of fused-ring (bicyclic) bond motifs is 1. The zero-order chi connectivity index (χ0) is 14.7. The first kappa shape index (κ1) is 13.9. The number of carbonyl (C=O) groups is 2. The molecule has 3 rings (SSSR count). The molecule has 1 unspecified atom stereocenters. The highest BCUT2D eigenvalue weighted by Crippen LogP contribution is 2.32. The van der Waals surface area contributed by atoms with Gasteiger partial charge in [-0.3, -0.25) is 9.59 Å². The van der Waals surface area contributed by atoms with Crippen molar-refractivity contribution < 1.29 is 9.59 Å². The molecule has 1 atom stereocenters. The van der Waals surface area contributed by atoms with Gasteiger partial charge in [-0.1, -0.05) is 36.8 Å². The molecule has 4 nitrogen and oxygen atoms in total. The van der Waals surface area contributed by atoms with Gasteiger partial charge in [-0.2, -0.15) is 0 Å². The average Bonchev–Trinajstić information content (AvgIpc) is 2.82. The fraction of sp³-hybridized carbons (Fsp3) is 0.412. The summed E-state index contributed by atoms with van der Waals surface area (Å²) in [6.07, 6.45) is 4.43. The summed E-state index contributed by atoms with van der Waals surface area (Å²) < 4.78 is 0. The lowest BCUT2D eigenvalue weighted by molar-refractivity contribution is -0.123. The van der Waals surface area contributed by atoms with Crippen LogP contribution in [0.5, 0.6) is 0 Å². The molecular weight excluding hydrogens is 264 g/mol. The summed E-state index contributed by atoms with van der Waals surface area (Å²) in [6, 6.07) is 9.97. The van der Waals surface area contributed by atoms with Gasteiger partial charge in [0.15, 0.2) is 0 Å². The molecule has 2 N–H and O–H groups in total. The Bertz CT molecular complexity index is 578. The molecule has 0 radical (unpaired) electrons. The van der Waals surface area contributed by atoms with E-state index in [9.17, 15) is 9.59 Å². The van der Waals surface area contributed by atoms with Crippen LogP contribution in [0.3, 0.4) is 0 Å². The SMILES string of the molecule is O=C(CC1=C2CCCCC2NC1=O)NCc1ccccc1. The van der Waals surface area contributed by atoms with E-state index in [-0.39, 0.29) is 24.3 Å². The van der Waals surface area contributed by atoms with Crippen molar-refractivity contribution in [3.8, 4) is 0 Å². The number of nitrogens with one attached hydrogen (secondary N) is 2. The van der Waals surface area contributed by atoms with Crippen LogP contribution < -0.4 is 10.6 Å². The zero-order valence-corrected chi connectivity index (χ0v) is 12.0. The van der Waals surface area contributed by atoms with E-state index in [0.717, 1.165) is 31.2 Å². The van der Waals surface area contributed by atoms with E-state index in [4.69, 9.17) is 0 Å². The van der Waals surface area contributed by atoms with E-state index in [2.05, 4.69) is 10.6 Å². The largest absolute Gasteiger partial charge is 0.352 e. The number of amides is 2. The van der Waals surface area contributed by atoms with Crippen molar-refractivity contribution in [3.63, 3.8) is 0 Å². The van der Waals surface area contributed by atoms with Crippen LogP contribution in [0.4, 0.5) is 0 Å². The third-order valence-electron chi connectivity index (χ3n) is 4.25. The second kappa shape index (κ2) is 6.12. The Hall–Kier alpha value is -2.10. The van der Waals surface area contributed by atoms with Crippen LogP contribution in [0.2, 0.25) is 0 Å². The number of hydrogen-bond acceptors (Lipinski definition) is 2. The molecule has 2 aliphatic rings. The Labute approximate surface area is 124 Å². The van der Waals surface area contributed by atoms with E-state index in [1.54, 1.807) is 0 Å². The lowest BCUT2D eigenvalue weighted by Crippen LogP contribution is -2.30. The van der Waals surface area contributed by atoms with Crippen molar-refractivity contribution in [2.45, 2.75) is 44.7 Å². The number of benzene rings is 1. The Morgan fingerprint density at radius 2 is 2.05 bits per heavy atom. The molecule has 110 valence electrons. The van der Waals surface area contributed by atoms with Crippen molar-refractivity contribution in [1.82, 2.24) is 10.6 Å². The predicted octanol–water partition coefficient (Wildman–Crippen LogP) is 2.06. The summed E-state index contributed by atoms with van der Waals surface area (Å²) in [7, 11) is 0. The molecule has 0 saturated heterocycles. The molecule has 0 aromatic heterocycles. The summed E-state index contributed by atoms with van der Waals surface area (Å²) in [5, 5.41) is 5.88. The monoisotopic (exact) mass is 284 g/mol. The Morgan fingerprint density at radius 3 is 2.86 bits per heavy atom. The Kier molecular flexibility index (Phi) is 4.04. The number of rotatable bonds is 4. The predicted molar refractivity (Wildman–Crippen MR) is 80.3 cm³/mol. The minimum absolute atomic E-state index is 0.0493. The third-order valence-corrected chi connectivity index (χ3v) is 4.25. The van der Waals surface area contributed by atoms with Crippen LogP contribution in [0, 0.1) is 0 Å². The van der Waals surface area contributed by atoms with Crippen LogP contribution >= 0.6 is 0 Å². The third kappa shape index (κ3) is 3.15. The van der Waals surface area contributed by atoms with E-state index < -0.39 is 0 Å². The Balaban J connectivity index is 1.60. The smallest absolute Gasteiger partial charge is 0.248 e. The van der Waals surface area contributed by atoms with Gasteiger partial charge >= 0.3 is 0 Å². The number of carbonyl (C=O) groups excluding carboxylic acids is 2. The summed E-state index contributed by atoms with van der Waals surface area (Å²) in [6.45, 7) is 0.507. The lowest BCUT2D eigenvalue weighted by atomic mass is 9.88. The lowest BCUT2D eigenvalue weighted by Gasteiger charge is -2.20. The topological polar surface area (TPSA) is 58.2 Å². The molecule has 4 heteroatoms. The molecule has 0 spiro atoms. The van der Waals surface area contributed by atoms with Crippen LogP contribution in [-0.4, -0.2) is 17.9 Å². The summed E-state index contributed by atoms with van der Waals surface area (Å²) in [4.78, 5) is 24.1. The van der Waals surface area contributed by atoms with Crippen LogP contribution in [0.15, 0.2) is 41.5 Å². The summed E-state index contributed by atoms with van der Waals surface area (Å²) in [5.74, 6) is -0.130. The van der Waals surface area contributed by atoms with Crippen molar-refractivity contribution >= 4 is 11.8 Å². The maximum absolute atomic E-state index is 12.1. The first-order valence-corrected chi connectivity index (χ1v) is 7.57. The second-order valence-corrected chi connectivity index (χ2v) is 5.71.